The summed E-state index contributed by atoms with van der Waals surface area (Å²) in [5.41, 5.74) is 3.52. The molecule has 9 nitrogen and oxygen atoms in total. The number of carbonyl (C=O) groups is 4. The Balaban J connectivity index is 1.68. The van der Waals surface area contributed by atoms with Gasteiger partial charge in [0.25, 0.3) is 5.91 Å². The first-order valence-corrected chi connectivity index (χ1v) is 15.8. The Hall–Kier alpha value is -4.50. The molecule has 3 atom stereocenters. The normalized spacial score (nSPS) is 15.7. The van der Waals surface area contributed by atoms with Crippen LogP contribution in [0.25, 0.3) is 0 Å². The van der Waals surface area contributed by atoms with Crippen LogP contribution in [-0.4, -0.2) is 78.9 Å². The Morgan fingerprint density at radius 2 is 1.52 bits per heavy atom. The number of amides is 3. The van der Waals surface area contributed by atoms with Gasteiger partial charge in [-0.1, -0.05) is 75.4 Å². The lowest BCUT2D eigenvalue weighted by Gasteiger charge is -2.43. The van der Waals surface area contributed by atoms with Gasteiger partial charge in [0.1, 0.15) is 6.04 Å². The van der Waals surface area contributed by atoms with E-state index in [9.17, 15) is 19.2 Å². The molecule has 0 radical (unpaired) electrons. The van der Waals surface area contributed by atoms with Crippen molar-refractivity contribution in [1.29, 1.82) is 0 Å². The molecule has 244 valence electrons. The predicted octanol–water partition coefficient (Wildman–Crippen LogP) is 4.25. The summed E-state index contributed by atoms with van der Waals surface area (Å²) in [5.74, 6) is -1.09. The first-order chi connectivity index (χ1) is 21.9. The molecule has 2 N–H and O–H groups in total. The minimum atomic E-state index is -0.775. The summed E-state index contributed by atoms with van der Waals surface area (Å²) in [6, 6.07) is 22.9. The average molecular weight is 627 g/mol. The van der Waals surface area contributed by atoms with E-state index in [0.29, 0.717) is 43.6 Å². The van der Waals surface area contributed by atoms with E-state index in [2.05, 4.69) is 16.7 Å². The van der Waals surface area contributed by atoms with Crippen LogP contribution in [0.3, 0.4) is 0 Å². The second kappa shape index (κ2) is 15.2. The van der Waals surface area contributed by atoms with Gasteiger partial charge in [0, 0.05) is 25.2 Å². The quantitative estimate of drug-likeness (QED) is 0.308. The second-order valence-corrected chi connectivity index (χ2v) is 13.0. The van der Waals surface area contributed by atoms with Crippen LogP contribution >= 0.6 is 0 Å². The molecule has 0 spiro atoms. The zero-order valence-electron chi connectivity index (χ0n) is 27.7. The van der Waals surface area contributed by atoms with Gasteiger partial charge in [-0.25, -0.2) is 4.79 Å². The van der Waals surface area contributed by atoms with E-state index in [1.807, 2.05) is 74.2 Å². The van der Waals surface area contributed by atoms with Crippen LogP contribution in [0.15, 0.2) is 78.9 Å². The minimum absolute atomic E-state index is 0.179. The van der Waals surface area contributed by atoms with Crippen LogP contribution in [0.1, 0.15) is 65.1 Å². The lowest BCUT2D eigenvalue weighted by Crippen LogP contribution is -2.61. The number of esters is 1. The van der Waals surface area contributed by atoms with Crippen molar-refractivity contribution >= 4 is 23.7 Å². The van der Waals surface area contributed by atoms with Gasteiger partial charge in [-0.3, -0.25) is 14.4 Å². The molecule has 46 heavy (non-hydrogen) atoms. The van der Waals surface area contributed by atoms with Crippen molar-refractivity contribution in [3.8, 4) is 0 Å². The van der Waals surface area contributed by atoms with Crippen molar-refractivity contribution in [2.75, 3.05) is 27.2 Å². The van der Waals surface area contributed by atoms with Crippen LogP contribution < -0.4 is 10.6 Å². The molecule has 3 aromatic rings. The Bertz CT molecular complexity index is 1520. The summed E-state index contributed by atoms with van der Waals surface area (Å²) in [6.45, 7) is 8.69. The molecular weight excluding hydrogens is 580 g/mol. The summed E-state index contributed by atoms with van der Waals surface area (Å²) in [7, 11) is 3.03. The Kier molecular flexibility index (Phi) is 11.4. The van der Waals surface area contributed by atoms with Gasteiger partial charge in [0.15, 0.2) is 0 Å². The number of fused-ring (bicyclic) bond motifs is 1. The average Bonchev–Trinajstić information content (AvgIpc) is 3.07. The third kappa shape index (κ3) is 8.40. The van der Waals surface area contributed by atoms with Gasteiger partial charge in [-0.2, -0.15) is 0 Å². The van der Waals surface area contributed by atoms with E-state index in [-0.39, 0.29) is 23.8 Å². The third-order valence-electron chi connectivity index (χ3n) is 8.65. The van der Waals surface area contributed by atoms with Gasteiger partial charge in [-0.15, -0.1) is 0 Å². The fourth-order valence-corrected chi connectivity index (χ4v) is 5.71. The zero-order valence-corrected chi connectivity index (χ0v) is 27.7. The molecule has 0 aromatic heterocycles. The maximum absolute atomic E-state index is 14.5. The molecule has 1 aliphatic heterocycles. The lowest BCUT2D eigenvalue weighted by molar-refractivity contribution is -0.143. The molecule has 0 bridgehead atoms. The smallest absolute Gasteiger partial charge is 0.337 e. The monoisotopic (exact) mass is 626 g/mol. The van der Waals surface area contributed by atoms with Crippen LogP contribution in [0.4, 0.5) is 0 Å². The molecule has 9 heteroatoms. The fourth-order valence-electron chi connectivity index (χ4n) is 5.71. The number of carbonyl (C=O) groups excluding carboxylic acids is 4. The highest BCUT2D eigenvalue weighted by Crippen LogP contribution is 2.29. The number of rotatable bonds is 11. The van der Waals surface area contributed by atoms with Crippen molar-refractivity contribution < 1.29 is 23.9 Å². The highest BCUT2D eigenvalue weighted by Gasteiger charge is 2.41. The molecule has 0 aliphatic carbocycles. The fraction of sp³-hybridized carbons (Fsp3) is 0.405. The van der Waals surface area contributed by atoms with E-state index >= 15 is 0 Å². The van der Waals surface area contributed by atoms with Crippen molar-refractivity contribution in [3.05, 3.63) is 107 Å². The minimum Gasteiger partial charge on any atom is -0.465 e. The van der Waals surface area contributed by atoms with Crippen LogP contribution in [0.5, 0.6) is 0 Å². The van der Waals surface area contributed by atoms with E-state index in [0.717, 1.165) is 16.7 Å². The SMILES string of the molecule is CN[C@@H](C)C(=O)NC(C(=O)N1Cc2ccccc2C[C@H]1CN(CCc1ccccc1)C(=O)c1ccc(C(=O)OC)cc1)C(C)(C)C. The largest absolute Gasteiger partial charge is 0.465 e. The number of methoxy groups -OCH3 is 1. The van der Waals surface area contributed by atoms with Crippen LogP contribution in [-0.2, 0) is 33.7 Å². The predicted molar refractivity (Wildman–Crippen MR) is 178 cm³/mol. The number of nitrogens with zero attached hydrogens (tertiary/aromatic N) is 2. The summed E-state index contributed by atoms with van der Waals surface area (Å²) in [6.07, 6.45) is 1.20. The van der Waals surface area contributed by atoms with Gasteiger partial charge in [0.2, 0.25) is 11.8 Å². The molecule has 1 heterocycles. The maximum atomic E-state index is 14.5. The van der Waals surface area contributed by atoms with E-state index in [4.69, 9.17) is 4.74 Å². The third-order valence-corrected chi connectivity index (χ3v) is 8.65. The second-order valence-electron chi connectivity index (χ2n) is 13.0. The summed E-state index contributed by atoms with van der Waals surface area (Å²) in [5, 5.41) is 5.96. The zero-order chi connectivity index (χ0) is 33.4. The standard InChI is InChI=1S/C37H46N4O5/c1-25(38-5)33(42)39-32(37(2,3)4)35(44)41-23-30-15-11-10-14-29(30)22-31(41)24-40(21-20-26-12-8-7-9-13-26)34(43)27-16-18-28(19-17-27)36(45)46-6/h7-19,25,31-32,38H,20-24H2,1-6H3,(H,39,42)/t25-,31-,32?/m0/s1. The molecule has 3 amide bonds. The van der Waals surface area contributed by atoms with Crippen molar-refractivity contribution in [3.63, 3.8) is 0 Å². The van der Waals surface area contributed by atoms with E-state index in [1.54, 1.807) is 43.1 Å². The van der Waals surface area contributed by atoms with Crippen molar-refractivity contribution in [2.24, 2.45) is 5.41 Å². The number of likely N-dealkylation sites (N-methyl/N-ethyl adjacent to an activating group) is 1. The molecule has 1 aliphatic rings. The Morgan fingerprint density at radius 3 is 2.13 bits per heavy atom. The van der Waals surface area contributed by atoms with Gasteiger partial charge in [-0.05, 0) is 73.2 Å². The van der Waals surface area contributed by atoms with Gasteiger partial charge < -0.3 is 25.2 Å². The Labute approximate surface area is 272 Å². The summed E-state index contributed by atoms with van der Waals surface area (Å²) >= 11 is 0. The topological polar surface area (TPSA) is 108 Å². The summed E-state index contributed by atoms with van der Waals surface area (Å²) < 4.78 is 4.82. The first kappa shape index (κ1) is 34.4. The number of benzene rings is 3. The maximum Gasteiger partial charge on any atom is 0.337 e. The van der Waals surface area contributed by atoms with Crippen LogP contribution in [0, 0.1) is 5.41 Å². The highest BCUT2D eigenvalue weighted by atomic mass is 16.5. The molecule has 3 aromatic carbocycles. The first-order valence-electron chi connectivity index (χ1n) is 15.8. The molecular formula is C37H46N4O5. The Morgan fingerprint density at radius 1 is 0.913 bits per heavy atom. The van der Waals surface area contributed by atoms with Crippen molar-refractivity contribution in [2.45, 2.75) is 65.2 Å². The number of hydrogen-bond donors (Lipinski definition) is 2. The molecule has 4 rings (SSSR count). The van der Waals surface area contributed by atoms with Crippen molar-refractivity contribution in [1.82, 2.24) is 20.4 Å². The summed E-state index contributed by atoms with van der Waals surface area (Å²) in [4.78, 5) is 57.2. The van der Waals surface area contributed by atoms with Gasteiger partial charge >= 0.3 is 5.97 Å². The van der Waals surface area contributed by atoms with Crippen LogP contribution in [0.2, 0.25) is 0 Å². The molecule has 0 saturated carbocycles. The molecule has 0 saturated heterocycles. The lowest BCUT2D eigenvalue weighted by atomic mass is 9.84. The molecule has 1 unspecified atom stereocenters. The van der Waals surface area contributed by atoms with E-state index in [1.165, 1.54) is 7.11 Å². The number of ether oxygens (including phenoxy) is 1. The molecule has 0 fully saturated rings. The highest BCUT2D eigenvalue weighted by molar-refractivity contribution is 5.96. The van der Waals surface area contributed by atoms with Gasteiger partial charge in [0.05, 0.1) is 24.8 Å². The van der Waals surface area contributed by atoms with E-state index < -0.39 is 23.5 Å². The number of hydrogen-bond acceptors (Lipinski definition) is 6. The number of nitrogens with one attached hydrogen (secondary N) is 2.